The van der Waals surface area contributed by atoms with Gasteiger partial charge in [-0.2, -0.15) is 0 Å². The number of halogens is 1. The number of thioether (sulfide) groups is 1. The zero-order valence-electron chi connectivity index (χ0n) is 16.6. The largest absolute Gasteiger partial charge is 0.465 e. The van der Waals surface area contributed by atoms with Gasteiger partial charge < -0.3 is 9.30 Å². The smallest absolute Gasteiger partial charge is 0.326 e. The molecule has 0 aliphatic carbocycles. The van der Waals surface area contributed by atoms with Gasteiger partial charge in [-0.3, -0.25) is 19.3 Å². The lowest BCUT2D eigenvalue weighted by molar-refractivity contribution is -0.145. The molecule has 2 heterocycles. The first-order valence-corrected chi connectivity index (χ1v) is 10.3. The minimum absolute atomic E-state index is 0.194. The molecule has 3 rings (SSSR count). The fourth-order valence-electron chi connectivity index (χ4n) is 3.24. The van der Waals surface area contributed by atoms with Crippen LogP contribution in [0.25, 0.3) is 11.8 Å². The average Bonchev–Trinajstić information content (AvgIpc) is 3.07. The Labute approximate surface area is 178 Å². The normalized spacial score (nSPS) is 15.5. The van der Waals surface area contributed by atoms with E-state index in [0.717, 1.165) is 44.9 Å². The molecule has 0 bridgehead atoms. The number of ether oxygens (including phenoxy) is 1. The molecular formula is C21H21ClN2O4S. The van der Waals surface area contributed by atoms with E-state index in [1.807, 2.05) is 45.0 Å². The molecule has 0 radical (unpaired) electrons. The average molecular weight is 433 g/mol. The summed E-state index contributed by atoms with van der Waals surface area (Å²) in [5, 5.41) is 0.161. The molecule has 29 heavy (non-hydrogen) atoms. The lowest BCUT2D eigenvalue weighted by Crippen LogP contribution is -2.34. The van der Waals surface area contributed by atoms with Gasteiger partial charge in [-0.05, 0) is 74.9 Å². The van der Waals surface area contributed by atoms with Crippen LogP contribution in [0.4, 0.5) is 4.79 Å². The van der Waals surface area contributed by atoms with Crippen LogP contribution in [0.1, 0.15) is 29.4 Å². The van der Waals surface area contributed by atoms with Gasteiger partial charge in [0.05, 0.1) is 11.5 Å². The highest BCUT2D eigenvalue weighted by Gasteiger charge is 2.36. The molecule has 0 saturated carbocycles. The Morgan fingerprint density at radius 2 is 1.93 bits per heavy atom. The quantitative estimate of drug-likeness (QED) is 0.508. The number of carbonyl (C=O) groups excluding carboxylic acids is 3. The maximum atomic E-state index is 12.6. The molecule has 0 N–H and O–H groups in total. The van der Waals surface area contributed by atoms with Crippen LogP contribution in [0.5, 0.6) is 0 Å². The lowest BCUT2D eigenvalue weighted by Gasteiger charge is -2.13. The molecule has 1 aromatic carbocycles. The van der Waals surface area contributed by atoms with Crippen molar-refractivity contribution in [2.45, 2.75) is 27.7 Å². The maximum Gasteiger partial charge on any atom is 0.326 e. The Hall–Kier alpha value is -2.51. The predicted molar refractivity (Wildman–Crippen MR) is 114 cm³/mol. The monoisotopic (exact) mass is 432 g/mol. The number of hydrogen-bond acceptors (Lipinski definition) is 5. The van der Waals surface area contributed by atoms with Gasteiger partial charge in [-0.15, -0.1) is 0 Å². The summed E-state index contributed by atoms with van der Waals surface area (Å²) in [6.45, 7) is 7.41. The number of aromatic nitrogens is 1. The van der Waals surface area contributed by atoms with Gasteiger partial charge in [0.1, 0.15) is 6.54 Å². The fraction of sp³-hybridized carbons (Fsp3) is 0.286. The van der Waals surface area contributed by atoms with Crippen molar-refractivity contribution in [3.8, 4) is 5.69 Å². The summed E-state index contributed by atoms with van der Waals surface area (Å²) in [5.74, 6) is -1.09. The number of rotatable bonds is 5. The van der Waals surface area contributed by atoms with Gasteiger partial charge >= 0.3 is 5.97 Å². The van der Waals surface area contributed by atoms with Gasteiger partial charge in [-0.1, -0.05) is 17.7 Å². The predicted octanol–water partition coefficient (Wildman–Crippen LogP) is 4.66. The number of benzene rings is 1. The van der Waals surface area contributed by atoms with Crippen molar-refractivity contribution >= 4 is 46.6 Å². The molecular weight excluding hydrogens is 412 g/mol. The van der Waals surface area contributed by atoms with Crippen molar-refractivity contribution in [1.82, 2.24) is 9.47 Å². The van der Waals surface area contributed by atoms with Crippen LogP contribution in [0, 0.1) is 20.8 Å². The van der Waals surface area contributed by atoms with Crippen LogP contribution < -0.4 is 0 Å². The number of imide groups is 1. The molecule has 0 unspecified atom stereocenters. The minimum atomic E-state index is -0.606. The first-order valence-electron chi connectivity index (χ1n) is 9.09. The highest BCUT2D eigenvalue weighted by Crippen LogP contribution is 2.34. The Kier molecular flexibility index (Phi) is 6.19. The highest BCUT2D eigenvalue weighted by molar-refractivity contribution is 8.18. The second-order valence-electron chi connectivity index (χ2n) is 6.67. The van der Waals surface area contributed by atoms with Crippen LogP contribution in [0.3, 0.4) is 0 Å². The van der Waals surface area contributed by atoms with E-state index in [1.54, 1.807) is 13.0 Å². The molecule has 1 aromatic heterocycles. The van der Waals surface area contributed by atoms with Crippen LogP contribution >= 0.6 is 23.4 Å². The van der Waals surface area contributed by atoms with E-state index in [-0.39, 0.29) is 18.1 Å². The number of nitrogens with zero attached hydrogens (tertiary/aromatic N) is 2. The van der Waals surface area contributed by atoms with Gasteiger partial charge in [-0.25, -0.2) is 0 Å². The molecule has 1 fully saturated rings. The molecule has 0 atom stereocenters. The highest BCUT2D eigenvalue weighted by atomic mass is 35.5. The van der Waals surface area contributed by atoms with Gasteiger partial charge in [0.25, 0.3) is 11.1 Å². The summed E-state index contributed by atoms with van der Waals surface area (Å²) < 4.78 is 6.90. The topological polar surface area (TPSA) is 68.6 Å². The second kappa shape index (κ2) is 8.47. The summed E-state index contributed by atoms with van der Waals surface area (Å²) in [6.07, 6.45) is 1.69. The summed E-state index contributed by atoms with van der Waals surface area (Å²) >= 11 is 7.00. The van der Waals surface area contributed by atoms with Crippen LogP contribution in [0.2, 0.25) is 5.02 Å². The van der Waals surface area contributed by atoms with Crippen molar-refractivity contribution in [1.29, 1.82) is 0 Å². The Morgan fingerprint density at radius 3 is 2.62 bits per heavy atom. The first kappa shape index (κ1) is 21.2. The second-order valence-corrected chi connectivity index (χ2v) is 8.10. The number of carbonyl (C=O) groups is 3. The first-order chi connectivity index (χ1) is 13.7. The molecule has 2 amide bonds. The third-order valence-corrected chi connectivity index (χ3v) is 5.78. The van der Waals surface area contributed by atoms with E-state index in [4.69, 9.17) is 16.3 Å². The summed E-state index contributed by atoms with van der Waals surface area (Å²) in [6, 6.07) is 7.65. The third kappa shape index (κ3) is 4.26. The zero-order valence-corrected chi connectivity index (χ0v) is 18.2. The maximum absolute atomic E-state index is 12.6. The van der Waals surface area contributed by atoms with E-state index < -0.39 is 17.1 Å². The third-order valence-electron chi connectivity index (χ3n) is 4.64. The molecule has 0 spiro atoms. The summed E-state index contributed by atoms with van der Waals surface area (Å²) in [7, 11) is 0. The van der Waals surface area contributed by atoms with Crippen molar-refractivity contribution in [3.05, 3.63) is 56.7 Å². The Balaban J connectivity index is 1.94. The molecule has 2 aromatic rings. The Bertz CT molecular complexity index is 1040. The minimum Gasteiger partial charge on any atom is -0.465 e. The van der Waals surface area contributed by atoms with Crippen LogP contribution in [-0.4, -0.2) is 39.7 Å². The molecule has 1 aliphatic heterocycles. The SMILES string of the molecule is CCOC(=O)CN1C(=O)S/C(=C/c2cc(C)n(-c3cc(Cl)ccc3C)c2C)C1=O. The standard InChI is InChI=1S/C21H21ClN2O4S/c1-5-28-19(25)11-23-20(26)18(29-21(23)27)9-15-8-13(3)24(14(15)4)17-10-16(22)7-6-12(17)2/h6-10H,5,11H2,1-4H3/b18-9+. The van der Waals surface area contributed by atoms with Crippen molar-refractivity contribution in [3.63, 3.8) is 0 Å². The van der Waals surface area contributed by atoms with Crippen molar-refractivity contribution < 1.29 is 19.1 Å². The van der Waals surface area contributed by atoms with Crippen molar-refractivity contribution in [2.75, 3.05) is 13.2 Å². The molecule has 152 valence electrons. The Morgan fingerprint density at radius 1 is 1.21 bits per heavy atom. The van der Waals surface area contributed by atoms with Crippen molar-refractivity contribution in [2.24, 2.45) is 0 Å². The van der Waals surface area contributed by atoms with E-state index in [0.29, 0.717) is 5.02 Å². The number of amides is 2. The fourth-order valence-corrected chi connectivity index (χ4v) is 4.24. The molecule has 1 saturated heterocycles. The van der Waals surface area contributed by atoms with Crippen LogP contribution in [-0.2, 0) is 14.3 Å². The number of aryl methyl sites for hydroxylation is 2. The van der Waals surface area contributed by atoms with Gasteiger partial charge in [0.2, 0.25) is 0 Å². The van der Waals surface area contributed by atoms with E-state index >= 15 is 0 Å². The summed E-state index contributed by atoms with van der Waals surface area (Å²) in [5.41, 5.74) is 4.75. The van der Waals surface area contributed by atoms with Gasteiger partial charge in [0, 0.05) is 22.1 Å². The van der Waals surface area contributed by atoms with E-state index in [1.165, 1.54) is 0 Å². The van der Waals surface area contributed by atoms with E-state index in [2.05, 4.69) is 4.57 Å². The van der Waals surface area contributed by atoms with E-state index in [9.17, 15) is 14.4 Å². The number of hydrogen-bond donors (Lipinski definition) is 0. The van der Waals surface area contributed by atoms with Crippen LogP contribution in [0.15, 0.2) is 29.2 Å². The van der Waals surface area contributed by atoms with Gasteiger partial charge in [0.15, 0.2) is 0 Å². The molecule has 6 nitrogen and oxygen atoms in total. The molecule has 8 heteroatoms. The summed E-state index contributed by atoms with van der Waals surface area (Å²) in [4.78, 5) is 37.7. The zero-order chi connectivity index (χ0) is 21.3. The molecule has 1 aliphatic rings. The number of esters is 1. The lowest BCUT2D eigenvalue weighted by atomic mass is 10.2.